The highest BCUT2D eigenvalue weighted by molar-refractivity contribution is 5.12. The summed E-state index contributed by atoms with van der Waals surface area (Å²) in [6, 6.07) is 0. The van der Waals surface area contributed by atoms with Gasteiger partial charge in [-0.3, -0.25) is 5.73 Å². The second kappa shape index (κ2) is 8.13. The summed E-state index contributed by atoms with van der Waals surface area (Å²) in [5.74, 6) is -38.4. The van der Waals surface area contributed by atoms with E-state index < -0.39 is 67.0 Å². The minimum Gasteiger partial charge on any atom is -0.296 e. The van der Waals surface area contributed by atoms with Gasteiger partial charge in [0.15, 0.2) is 18.5 Å². The molecule has 0 aromatic rings. The first-order valence-electron chi connectivity index (χ1n) is 6.66. The summed E-state index contributed by atoms with van der Waals surface area (Å²) in [4.78, 5) is 0. The number of hydrogen-bond acceptors (Lipinski definition) is 1. The second-order valence-corrected chi connectivity index (χ2v) is 5.44. The van der Waals surface area contributed by atoms with Crippen molar-refractivity contribution < 1.29 is 74.6 Å². The lowest BCUT2D eigenvalue weighted by Crippen LogP contribution is -2.71. The van der Waals surface area contributed by atoms with Crippen LogP contribution in [0.5, 0.6) is 0 Å². The Labute approximate surface area is 149 Å². The van der Waals surface area contributed by atoms with Gasteiger partial charge in [-0.25, -0.2) is 30.7 Å². The third kappa shape index (κ3) is 4.17. The van der Waals surface area contributed by atoms with Crippen molar-refractivity contribution in [3.63, 3.8) is 0 Å². The zero-order valence-electron chi connectivity index (χ0n) is 13.0. The maximum atomic E-state index is 13.3. The maximum absolute atomic E-state index is 13.3. The fourth-order valence-electron chi connectivity index (χ4n) is 1.64. The lowest BCUT2D eigenvalue weighted by molar-refractivity contribution is -0.414. The zero-order chi connectivity index (χ0) is 24.0. The van der Waals surface area contributed by atoms with Crippen molar-refractivity contribution in [1.29, 1.82) is 0 Å². The quantitative estimate of drug-likeness (QED) is 0.347. The number of rotatable bonds is 10. The van der Waals surface area contributed by atoms with Crippen molar-refractivity contribution in [2.45, 2.75) is 67.0 Å². The van der Waals surface area contributed by atoms with Crippen LogP contribution in [0.4, 0.5) is 74.6 Å². The standard InChI is InChI=1S/C11H8F17N/c12-1(3(14)5(16)17)2(13)4(15)7(19,20)9(23,24)11(27,28)10(25,26)8(21,22)6(18)29/h1-6H,29H2. The van der Waals surface area contributed by atoms with E-state index >= 15 is 0 Å². The van der Waals surface area contributed by atoms with Crippen molar-refractivity contribution in [2.24, 2.45) is 5.73 Å². The van der Waals surface area contributed by atoms with Gasteiger partial charge in [0.1, 0.15) is 0 Å². The average Bonchev–Trinajstić information content (AvgIpc) is 2.57. The topological polar surface area (TPSA) is 26.0 Å². The average molecular weight is 477 g/mol. The molecule has 0 saturated heterocycles. The van der Waals surface area contributed by atoms with Gasteiger partial charge in [-0.15, -0.1) is 0 Å². The van der Waals surface area contributed by atoms with Crippen LogP contribution in [-0.4, -0.2) is 67.0 Å². The summed E-state index contributed by atoms with van der Waals surface area (Å²) < 4.78 is 218. The van der Waals surface area contributed by atoms with E-state index in [0.717, 1.165) is 0 Å². The Morgan fingerprint density at radius 1 is 0.448 bits per heavy atom. The molecule has 0 bridgehead atoms. The first-order valence-corrected chi connectivity index (χ1v) is 6.66. The highest BCUT2D eigenvalue weighted by atomic mass is 19.4. The van der Waals surface area contributed by atoms with E-state index in [1.165, 1.54) is 0 Å². The molecule has 0 amide bonds. The van der Waals surface area contributed by atoms with E-state index in [1.54, 1.807) is 0 Å². The highest BCUT2D eigenvalue weighted by Crippen LogP contribution is 2.59. The SMILES string of the molecule is NC(F)C(F)(F)C(F)(F)C(F)(F)C(F)(F)C(F)(F)C(F)C(F)C(F)C(F)C(F)F. The van der Waals surface area contributed by atoms with E-state index in [2.05, 4.69) is 5.73 Å². The normalized spacial score (nSPS) is 20.4. The molecule has 1 nitrogen and oxygen atoms in total. The van der Waals surface area contributed by atoms with Crippen LogP contribution in [0.3, 0.4) is 0 Å². The monoisotopic (exact) mass is 477 g/mol. The van der Waals surface area contributed by atoms with Crippen LogP contribution in [0.25, 0.3) is 0 Å². The molecule has 0 aromatic carbocycles. The second-order valence-electron chi connectivity index (χ2n) is 5.44. The molecule has 18 heteroatoms. The minimum atomic E-state index is -8.08. The summed E-state index contributed by atoms with van der Waals surface area (Å²) in [6.07, 6.45) is -29.4. The number of nitrogens with two attached hydrogens (primary N) is 1. The number of alkyl halides is 17. The summed E-state index contributed by atoms with van der Waals surface area (Å²) in [7, 11) is 0. The Hall–Kier alpha value is -1.23. The van der Waals surface area contributed by atoms with E-state index in [9.17, 15) is 74.6 Å². The fraction of sp³-hybridized carbons (Fsp3) is 1.00. The van der Waals surface area contributed by atoms with Crippen LogP contribution in [0.2, 0.25) is 0 Å². The van der Waals surface area contributed by atoms with Gasteiger partial charge < -0.3 is 0 Å². The van der Waals surface area contributed by atoms with E-state index in [-0.39, 0.29) is 0 Å². The van der Waals surface area contributed by atoms with Gasteiger partial charge in [-0.2, -0.15) is 43.9 Å². The molecule has 5 atom stereocenters. The van der Waals surface area contributed by atoms with Gasteiger partial charge in [0.2, 0.25) is 12.5 Å². The van der Waals surface area contributed by atoms with E-state index in [4.69, 9.17) is 0 Å². The predicted octanol–water partition coefficient (Wildman–Crippen LogP) is 5.03. The van der Waals surface area contributed by atoms with Crippen molar-refractivity contribution in [1.82, 2.24) is 0 Å². The molecule has 0 aliphatic carbocycles. The molecule has 0 rings (SSSR count). The lowest BCUT2D eigenvalue weighted by Gasteiger charge is -2.40. The molecular weight excluding hydrogens is 469 g/mol. The molecule has 0 heterocycles. The largest absolute Gasteiger partial charge is 0.384 e. The fourth-order valence-corrected chi connectivity index (χ4v) is 1.64. The molecule has 0 aliphatic rings. The Kier molecular flexibility index (Phi) is 7.78. The van der Waals surface area contributed by atoms with Gasteiger partial charge in [0, 0.05) is 0 Å². The summed E-state index contributed by atoms with van der Waals surface area (Å²) in [5, 5.41) is 0. The molecular formula is C11H8F17N. The van der Waals surface area contributed by atoms with Crippen LogP contribution in [0.1, 0.15) is 0 Å². The number of hydrogen-bond donors (Lipinski definition) is 1. The first kappa shape index (κ1) is 27.8. The maximum Gasteiger partial charge on any atom is 0.384 e. The third-order valence-electron chi connectivity index (χ3n) is 3.45. The number of halogens is 17. The molecule has 176 valence electrons. The third-order valence-corrected chi connectivity index (χ3v) is 3.45. The Bertz CT molecular complexity index is 545. The molecule has 0 aromatic heterocycles. The van der Waals surface area contributed by atoms with Crippen molar-refractivity contribution >= 4 is 0 Å². The van der Waals surface area contributed by atoms with Crippen molar-refractivity contribution in [3.05, 3.63) is 0 Å². The molecule has 29 heavy (non-hydrogen) atoms. The van der Waals surface area contributed by atoms with E-state index in [1.807, 2.05) is 0 Å². The van der Waals surface area contributed by atoms with Crippen LogP contribution in [0, 0.1) is 0 Å². The Balaban J connectivity index is 6.19. The van der Waals surface area contributed by atoms with Gasteiger partial charge in [-0.05, 0) is 0 Å². The van der Waals surface area contributed by atoms with Gasteiger partial charge >= 0.3 is 29.6 Å². The summed E-state index contributed by atoms with van der Waals surface area (Å²) >= 11 is 0. The van der Waals surface area contributed by atoms with Gasteiger partial charge in [0.25, 0.3) is 6.43 Å². The molecule has 0 fully saturated rings. The lowest BCUT2D eigenvalue weighted by atomic mass is 9.89. The first-order chi connectivity index (χ1) is 12.5. The zero-order valence-corrected chi connectivity index (χ0v) is 13.0. The highest BCUT2D eigenvalue weighted by Gasteiger charge is 2.88. The molecule has 0 spiro atoms. The summed E-state index contributed by atoms with van der Waals surface area (Å²) in [5.41, 5.74) is 3.56. The van der Waals surface area contributed by atoms with Crippen LogP contribution in [0.15, 0.2) is 0 Å². The Morgan fingerprint density at radius 3 is 1.10 bits per heavy atom. The van der Waals surface area contributed by atoms with Crippen LogP contribution >= 0.6 is 0 Å². The van der Waals surface area contributed by atoms with Crippen molar-refractivity contribution in [3.8, 4) is 0 Å². The molecule has 2 N–H and O–H groups in total. The minimum absolute atomic E-state index is 3.56. The Morgan fingerprint density at radius 2 is 0.793 bits per heavy atom. The van der Waals surface area contributed by atoms with Crippen LogP contribution in [-0.2, 0) is 0 Å². The van der Waals surface area contributed by atoms with Gasteiger partial charge in [-0.1, -0.05) is 0 Å². The van der Waals surface area contributed by atoms with Gasteiger partial charge in [0.05, 0.1) is 0 Å². The predicted molar refractivity (Wildman–Crippen MR) is 59.4 cm³/mol. The summed E-state index contributed by atoms with van der Waals surface area (Å²) in [6.45, 7) is 0. The smallest absolute Gasteiger partial charge is 0.296 e. The molecule has 0 aliphatic heterocycles. The molecule has 5 unspecified atom stereocenters. The van der Waals surface area contributed by atoms with E-state index in [0.29, 0.717) is 0 Å². The van der Waals surface area contributed by atoms with Crippen molar-refractivity contribution in [2.75, 3.05) is 0 Å². The van der Waals surface area contributed by atoms with Crippen LogP contribution < -0.4 is 5.73 Å². The molecule has 0 radical (unpaired) electrons. The molecule has 0 saturated carbocycles.